The third kappa shape index (κ3) is 2.54. The van der Waals surface area contributed by atoms with E-state index in [4.69, 9.17) is 0 Å². The van der Waals surface area contributed by atoms with Gasteiger partial charge in [-0.2, -0.15) is 12.6 Å². The number of likely N-dealkylation sites (tertiary alicyclic amines) is 1. The number of amides is 2. The molecule has 0 N–H and O–H groups in total. The number of anilines is 1. The summed E-state index contributed by atoms with van der Waals surface area (Å²) in [4.78, 5) is 27.7. The molecule has 0 spiro atoms. The van der Waals surface area contributed by atoms with Crippen LogP contribution >= 0.6 is 12.6 Å². The Kier molecular flexibility index (Phi) is 3.70. The summed E-state index contributed by atoms with van der Waals surface area (Å²) in [5, 5.41) is 0.105. The highest BCUT2D eigenvalue weighted by molar-refractivity contribution is 7.81. The summed E-state index contributed by atoms with van der Waals surface area (Å²) in [7, 11) is 0. The second-order valence-electron chi connectivity index (χ2n) is 5.41. The Balaban J connectivity index is 1.74. The minimum atomic E-state index is 0.0915. The van der Waals surface area contributed by atoms with Gasteiger partial charge < -0.3 is 9.80 Å². The Morgan fingerprint density at radius 2 is 1.80 bits per heavy atom. The molecule has 3 rings (SSSR count). The molecule has 2 saturated heterocycles. The third-order valence-corrected chi connectivity index (χ3v) is 4.27. The van der Waals surface area contributed by atoms with Crippen LogP contribution in [0.3, 0.4) is 0 Å². The minimum absolute atomic E-state index is 0.0915. The van der Waals surface area contributed by atoms with Crippen molar-refractivity contribution in [3.8, 4) is 0 Å². The average molecular weight is 290 g/mol. The Hall–Kier alpha value is -1.49. The van der Waals surface area contributed by atoms with Crippen molar-refractivity contribution in [2.75, 3.05) is 24.5 Å². The highest BCUT2D eigenvalue weighted by atomic mass is 32.1. The molecule has 1 unspecified atom stereocenters. The second kappa shape index (κ2) is 5.48. The Labute approximate surface area is 124 Å². The van der Waals surface area contributed by atoms with E-state index < -0.39 is 0 Å². The average Bonchev–Trinajstić information content (AvgIpc) is 3.08. The number of hydrogen-bond acceptors (Lipinski definition) is 3. The number of carbonyl (C=O) groups is 2. The molecule has 0 bridgehead atoms. The maximum atomic E-state index is 12.2. The van der Waals surface area contributed by atoms with Crippen LogP contribution in [0, 0.1) is 0 Å². The fourth-order valence-corrected chi connectivity index (χ4v) is 3.14. The molecular weight excluding hydrogens is 272 g/mol. The minimum Gasteiger partial charge on any atom is -0.339 e. The zero-order valence-electron chi connectivity index (χ0n) is 11.3. The van der Waals surface area contributed by atoms with Gasteiger partial charge >= 0.3 is 0 Å². The van der Waals surface area contributed by atoms with Gasteiger partial charge in [-0.25, -0.2) is 0 Å². The van der Waals surface area contributed by atoms with E-state index in [1.165, 1.54) is 0 Å². The largest absolute Gasteiger partial charge is 0.339 e. The molecule has 2 fully saturated rings. The molecule has 1 aromatic rings. The fourth-order valence-electron chi connectivity index (χ4n) is 2.83. The molecule has 1 aromatic carbocycles. The SMILES string of the molecule is O=C(c1ccc(N2CC(S)CC2=O)cc1)N1CCCC1. The molecule has 0 radical (unpaired) electrons. The Morgan fingerprint density at radius 1 is 1.15 bits per heavy atom. The number of rotatable bonds is 2. The summed E-state index contributed by atoms with van der Waals surface area (Å²) in [6.45, 7) is 2.35. The van der Waals surface area contributed by atoms with Crippen molar-refractivity contribution in [1.82, 2.24) is 4.90 Å². The van der Waals surface area contributed by atoms with Gasteiger partial charge in [0.2, 0.25) is 5.91 Å². The molecule has 0 aliphatic carbocycles. The number of benzene rings is 1. The maximum absolute atomic E-state index is 12.2. The van der Waals surface area contributed by atoms with Crippen LogP contribution in [-0.4, -0.2) is 41.6 Å². The van der Waals surface area contributed by atoms with Crippen molar-refractivity contribution in [2.24, 2.45) is 0 Å². The Bertz CT molecular complexity index is 523. The van der Waals surface area contributed by atoms with E-state index in [0.717, 1.165) is 31.6 Å². The molecule has 0 saturated carbocycles. The van der Waals surface area contributed by atoms with Gasteiger partial charge in [-0.1, -0.05) is 0 Å². The first kappa shape index (κ1) is 13.5. The van der Waals surface area contributed by atoms with Gasteiger partial charge in [0.1, 0.15) is 0 Å². The summed E-state index contributed by atoms with van der Waals surface area (Å²) in [5.74, 6) is 0.192. The van der Waals surface area contributed by atoms with Crippen molar-refractivity contribution >= 4 is 30.1 Å². The van der Waals surface area contributed by atoms with Gasteiger partial charge in [0, 0.05) is 42.6 Å². The molecule has 2 aliphatic heterocycles. The van der Waals surface area contributed by atoms with Crippen LogP contribution in [0.2, 0.25) is 0 Å². The van der Waals surface area contributed by atoms with E-state index in [1.54, 1.807) is 4.90 Å². The van der Waals surface area contributed by atoms with E-state index in [0.29, 0.717) is 18.5 Å². The first-order valence-electron chi connectivity index (χ1n) is 7.03. The van der Waals surface area contributed by atoms with Crippen molar-refractivity contribution in [1.29, 1.82) is 0 Å². The molecule has 2 heterocycles. The zero-order chi connectivity index (χ0) is 14.1. The predicted octanol–water partition coefficient (Wildman–Crippen LogP) is 1.96. The standard InChI is InChI=1S/C15H18N2O2S/c18-14-9-13(20)10-17(14)12-5-3-11(4-6-12)15(19)16-7-1-2-8-16/h3-6,13,20H,1-2,7-10H2. The lowest BCUT2D eigenvalue weighted by atomic mass is 10.1. The second-order valence-corrected chi connectivity index (χ2v) is 6.14. The van der Waals surface area contributed by atoms with Gasteiger partial charge in [-0.15, -0.1) is 0 Å². The van der Waals surface area contributed by atoms with Crippen molar-refractivity contribution in [3.05, 3.63) is 29.8 Å². The number of nitrogens with zero attached hydrogens (tertiary/aromatic N) is 2. The van der Waals surface area contributed by atoms with Gasteiger partial charge in [0.25, 0.3) is 5.91 Å². The van der Waals surface area contributed by atoms with Gasteiger partial charge in [-0.3, -0.25) is 9.59 Å². The lowest BCUT2D eigenvalue weighted by Crippen LogP contribution is -2.28. The zero-order valence-corrected chi connectivity index (χ0v) is 12.2. The molecule has 20 heavy (non-hydrogen) atoms. The lowest BCUT2D eigenvalue weighted by Gasteiger charge is -2.18. The molecule has 5 heteroatoms. The van der Waals surface area contributed by atoms with E-state index in [-0.39, 0.29) is 17.1 Å². The van der Waals surface area contributed by atoms with Crippen LogP contribution in [0.5, 0.6) is 0 Å². The normalized spacial score (nSPS) is 22.6. The monoisotopic (exact) mass is 290 g/mol. The van der Waals surface area contributed by atoms with Crippen LogP contribution in [0.25, 0.3) is 0 Å². The van der Waals surface area contributed by atoms with E-state index in [2.05, 4.69) is 12.6 Å². The van der Waals surface area contributed by atoms with Crippen LogP contribution in [0.1, 0.15) is 29.6 Å². The number of carbonyl (C=O) groups excluding carboxylic acids is 2. The Morgan fingerprint density at radius 3 is 2.35 bits per heavy atom. The lowest BCUT2D eigenvalue weighted by molar-refractivity contribution is -0.117. The number of thiol groups is 1. The van der Waals surface area contributed by atoms with E-state index >= 15 is 0 Å². The topological polar surface area (TPSA) is 40.6 Å². The predicted molar refractivity (Wildman–Crippen MR) is 81.3 cm³/mol. The first-order valence-corrected chi connectivity index (χ1v) is 7.54. The maximum Gasteiger partial charge on any atom is 0.253 e. The van der Waals surface area contributed by atoms with Crippen molar-refractivity contribution in [3.63, 3.8) is 0 Å². The quantitative estimate of drug-likeness (QED) is 0.846. The van der Waals surface area contributed by atoms with Gasteiger partial charge in [-0.05, 0) is 37.1 Å². The molecule has 1 atom stereocenters. The summed E-state index contributed by atoms with van der Waals surface area (Å²) >= 11 is 4.35. The van der Waals surface area contributed by atoms with E-state index in [1.807, 2.05) is 29.2 Å². The summed E-state index contributed by atoms with van der Waals surface area (Å²) in [5.41, 5.74) is 1.55. The summed E-state index contributed by atoms with van der Waals surface area (Å²) in [6.07, 6.45) is 2.67. The fraction of sp³-hybridized carbons (Fsp3) is 0.467. The molecule has 4 nitrogen and oxygen atoms in total. The molecule has 2 amide bonds. The van der Waals surface area contributed by atoms with Gasteiger partial charge in [0.15, 0.2) is 0 Å². The highest BCUT2D eigenvalue weighted by Gasteiger charge is 2.28. The smallest absolute Gasteiger partial charge is 0.253 e. The summed E-state index contributed by atoms with van der Waals surface area (Å²) in [6, 6.07) is 7.34. The van der Waals surface area contributed by atoms with Crippen LogP contribution in [0.15, 0.2) is 24.3 Å². The van der Waals surface area contributed by atoms with Crippen LogP contribution < -0.4 is 4.90 Å². The first-order chi connectivity index (χ1) is 9.65. The molecule has 2 aliphatic rings. The van der Waals surface area contributed by atoms with Gasteiger partial charge in [0.05, 0.1) is 0 Å². The highest BCUT2D eigenvalue weighted by Crippen LogP contribution is 2.24. The summed E-state index contributed by atoms with van der Waals surface area (Å²) < 4.78 is 0. The van der Waals surface area contributed by atoms with E-state index in [9.17, 15) is 9.59 Å². The third-order valence-electron chi connectivity index (χ3n) is 3.92. The van der Waals surface area contributed by atoms with Crippen molar-refractivity contribution in [2.45, 2.75) is 24.5 Å². The van der Waals surface area contributed by atoms with Crippen molar-refractivity contribution < 1.29 is 9.59 Å². The van der Waals surface area contributed by atoms with Crippen LogP contribution in [0.4, 0.5) is 5.69 Å². The molecular formula is C15H18N2O2S. The molecule has 106 valence electrons. The van der Waals surface area contributed by atoms with Crippen LogP contribution in [-0.2, 0) is 4.79 Å². The number of hydrogen-bond donors (Lipinski definition) is 1. The molecule has 0 aromatic heterocycles.